The van der Waals surface area contributed by atoms with Crippen LogP contribution >= 0.6 is 0 Å². The van der Waals surface area contributed by atoms with Crippen LogP contribution in [-0.2, 0) is 20.7 Å². The highest BCUT2D eigenvalue weighted by Crippen LogP contribution is 2.37. The van der Waals surface area contributed by atoms with Crippen LogP contribution in [0.15, 0.2) is 42.5 Å². The molecule has 1 saturated heterocycles. The van der Waals surface area contributed by atoms with Crippen molar-refractivity contribution < 1.29 is 19.1 Å². The first-order valence-electron chi connectivity index (χ1n) is 11.5. The maximum absolute atomic E-state index is 12.7. The predicted molar refractivity (Wildman–Crippen MR) is 123 cm³/mol. The summed E-state index contributed by atoms with van der Waals surface area (Å²) < 4.78 is 11.4. The highest BCUT2D eigenvalue weighted by molar-refractivity contribution is 5.78. The molecule has 6 heteroatoms. The Morgan fingerprint density at radius 1 is 1.19 bits per heavy atom. The first-order chi connectivity index (χ1) is 15.5. The lowest BCUT2D eigenvalue weighted by atomic mass is 9.87. The smallest absolute Gasteiger partial charge is 0.258 e. The molecule has 0 spiro atoms. The Hall–Kier alpha value is -2.86. The number of amides is 2. The zero-order chi connectivity index (χ0) is 22.5. The molecule has 1 fully saturated rings. The Bertz CT molecular complexity index is 951. The number of hydrogen-bond donors (Lipinski definition) is 1. The lowest BCUT2D eigenvalue weighted by Crippen LogP contribution is -2.40. The van der Waals surface area contributed by atoms with Crippen LogP contribution in [0.25, 0.3) is 0 Å². The van der Waals surface area contributed by atoms with Gasteiger partial charge in [0.25, 0.3) is 5.91 Å². The summed E-state index contributed by atoms with van der Waals surface area (Å²) in [6, 6.07) is 14.2. The van der Waals surface area contributed by atoms with Gasteiger partial charge in [-0.25, -0.2) is 0 Å². The lowest BCUT2D eigenvalue weighted by Gasteiger charge is -2.38. The molecule has 0 radical (unpaired) electrons. The van der Waals surface area contributed by atoms with Crippen LogP contribution in [-0.4, -0.2) is 49.1 Å². The number of carbonyl (C=O) groups excluding carboxylic acids is 2. The summed E-state index contributed by atoms with van der Waals surface area (Å²) in [6.45, 7) is 5.91. The van der Waals surface area contributed by atoms with Crippen molar-refractivity contribution in [3.63, 3.8) is 0 Å². The topological polar surface area (TPSA) is 67.9 Å². The van der Waals surface area contributed by atoms with Gasteiger partial charge in [-0.05, 0) is 55.0 Å². The second-order valence-corrected chi connectivity index (χ2v) is 8.59. The predicted octanol–water partition coefficient (Wildman–Crippen LogP) is 3.55. The van der Waals surface area contributed by atoms with E-state index in [4.69, 9.17) is 9.47 Å². The number of fused-ring (bicyclic) bond motifs is 1. The molecule has 170 valence electrons. The molecule has 32 heavy (non-hydrogen) atoms. The molecule has 2 aliphatic rings. The zero-order valence-corrected chi connectivity index (χ0v) is 18.9. The van der Waals surface area contributed by atoms with Crippen molar-refractivity contribution in [3.8, 4) is 5.75 Å². The van der Waals surface area contributed by atoms with Crippen LogP contribution < -0.4 is 10.1 Å². The average molecular weight is 437 g/mol. The molecule has 6 nitrogen and oxygen atoms in total. The second-order valence-electron chi connectivity index (χ2n) is 8.59. The Kier molecular flexibility index (Phi) is 7.10. The van der Waals surface area contributed by atoms with Gasteiger partial charge in [-0.15, -0.1) is 0 Å². The Balaban J connectivity index is 1.50. The number of aryl methyl sites for hydroxylation is 1. The van der Waals surface area contributed by atoms with Crippen molar-refractivity contribution in [2.45, 2.75) is 51.7 Å². The van der Waals surface area contributed by atoms with Gasteiger partial charge < -0.3 is 19.7 Å². The number of benzene rings is 2. The van der Waals surface area contributed by atoms with Crippen molar-refractivity contribution in [2.75, 3.05) is 26.3 Å². The van der Waals surface area contributed by atoms with Crippen molar-refractivity contribution in [3.05, 3.63) is 64.7 Å². The van der Waals surface area contributed by atoms with E-state index in [1.165, 1.54) is 11.1 Å². The van der Waals surface area contributed by atoms with Gasteiger partial charge in [-0.1, -0.05) is 42.8 Å². The van der Waals surface area contributed by atoms with Gasteiger partial charge in [0.05, 0.1) is 12.1 Å². The molecule has 0 aromatic heterocycles. The van der Waals surface area contributed by atoms with Crippen LogP contribution in [0.5, 0.6) is 5.75 Å². The van der Waals surface area contributed by atoms with E-state index in [-0.39, 0.29) is 30.6 Å². The summed E-state index contributed by atoms with van der Waals surface area (Å²) in [6.07, 6.45) is 3.43. The van der Waals surface area contributed by atoms with Crippen LogP contribution in [0, 0.1) is 6.92 Å². The van der Waals surface area contributed by atoms with Crippen molar-refractivity contribution in [1.29, 1.82) is 0 Å². The summed E-state index contributed by atoms with van der Waals surface area (Å²) >= 11 is 0. The Labute approximate surface area is 189 Å². The van der Waals surface area contributed by atoms with Crippen LogP contribution in [0.1, 0.15) is 54.5 Å². The van der Waals surface area contributed by atoms with Crippen LogP contribution in [0.3, 0.4) is 0 Å². The molecule has 2 atom stereocenters. The first-order valence-corrected chi connectivity index (χ1v) is 11.5. The molecule has 2 aliphatic heterocycles. The molecule has 0 bridgehead atoms. The third kappa shape index (κ3) is 5.13. The highest BCUT2D eigenvalue weighted by atomic mass is 16.5. The maximum Gasteiger partial charge on any atom is 0.258 e. The maximum atomic E-state index is 12.7. The fourth-order valence-electron chi connectivity index (χ4n) is 4.50. The molecule has 2 heterocycles. The molecule has 4 rings (SSSR count). The number of carbonyl (C=O) groups is 2. The molecular formula is C26H32N2O4. The normalized spacial score (nSPS) is 20.0. The Morgan fingerprint density at radius 2 is 2.00 bits per heavy atom. The Morgan fingerprint density at radius 3 is 2.72 bits per heavy atom. The van der Waals surface area contributed by atoms with Gasteiger partial charge in [0.1, 0.15) is 5.75 Å². The average Bonchev–Trinajstić information content (AvgIpc) is 3.34. The third-order valence-corrected chi connectivity index (χ3v) is 6.28. The summed E-state index contributed by atoms with van der Waals surface area (Å²) in [5.41, 5.74) is 4.55. The van der Waals surface area contributed by atoms with Crippen LogP contribution in [0.2, 0.25) is 0 Å². The van der Waals surface area contributed by atoms with Gasteiger partial charge in [0.15, 0.2) is 6.61 Å². The molecular weight excluding hydrogens is 404 g/mol. The largest absolute Gasteiger partial charge is 0.484 e. The van der Waals surface area contributed by atoms with Gasteiger partial charge in [0.2, 0.25) is 5.91 Å². The van der Waals surface area contributed by atoms with E-state index in [0.29, 0.717) is 25.3 Å². The van der Waals surface area contributed by atoms with Gasteiger partial charge >= 0.3 is 0 Å². The number of rotatable bonds is 7. The molecule has 2 aromatic rings. The summed E-state index contributed by atoms with van der Waals surface area (Å²) in [4.78, 5) is 26.9. The quantitative estimate of drug-likeness (QED) is 0.721. The fraction of sp³-hybridized carbons (Fsp3) is 0.462. The van der Waals surface area contributed by atoms with E-state index in [2.05, 4.69) is 42.6 Å². The standard InChI is InChI=1S/C26H32N2O4/c1-3-25(30)28-13-12-19-10-11-21(32-17-24(29)27-16-22-5-4-14-31-22)15-23(19)26(28)20-8-6-18(2)7-9-20/h6-11,15,22,26H,3-5,12-14,16-17H2,1-2H3,(H,27,29)/t22-,26-/m0/s1. The number of hydrogen-bond acceptors (Lipinski definition) is 4. The van der Waals surface area contributed by atoms with Crippen molar-refractivity contribution in [1.82, 2.24) is 10.2 Å². The number of ether oxygens (including phenoxy) is 2. The number of nitrogens with zero attached hydrogens (tertiary/aromatic N) is 1. The van der Waals surface area contributed by atoms with Gasteiger partial charge in [0, 0.05) is 26.1 Å². The minimum Gasteiger partial charge on any atom is -0.484 e. The molecule has 0 unspecified atom stereocenters. The van der Waals surface area contributed by atoms with E-state index >= 15 is 0 Å². The first kappa shape index (κ1) is 22.3. The zero-order valence-electron chi connectivity index (χ0n) is 18.9. The number of nitrogens with one attached hydrogen (secondary N) is 1. The van der Waals surface area contributed by atoms with Gasteiger partial charge in [-0.3, -0.25) is 9.59 Å². The monoisotopic (exact) mass is 436 g/mol. The minimum atomic E-state index is -0.156. The minimum absolute atomic E-state index is 0.0433. The van der Waals surface area contributed by atoms with E-state index in [1.54, 1.807) is 0 Å². The fourth-order valence-corrected chi connectivity index (χ4v) is 4.50. The highest BCUT2D eigenvalue weighted by Gasteiger charge is 2.31. The van der Waals surface area contributed by atoms with E-state index in [1.807, 2.05) is 24.0 Å². The van der Waals surface area contributed by atoms with Crippen molar-refractivity contribution in [2.24, 2.45) is 0 Å². The van der Waals surface area contributed by atoms with Crippen molar-refractivity contribution >= 4 is 11.8 Å². The molecule has 0 saturated carbocycles. The van der Waals surface area contributed by atoms with E-state index in [9.17, 15) is 9.59 Å². The SMILES string of the molecule is CCC(=O)N1CCc2ccc(OCC(=O)NC[C@@H]3CCCO3)cc2[C@@H]1c1ccc(C)cc1. The molecule has 2 aromatic carbocycles. The van der Waals surface area contributed by atoms with Crippen LogP contribution in [0.4, 0.5) is 0 Å². The van der Waals surface area contributed by atoms with E-state index in [0.717, 1.165) is 37.0 Å². The second kappa shape index (κ2) is 10.2. The van der Waals surface area contributed by atoms with E-state index < -0.39 is 0 Å². The molecule has 1 N–H and O–H groups in total. The molecule has 0 aliphatic carbocycles. The lowest BCUT2D eigenvalue weighted by molar-refractivity contribution is -0.133. The van der Waals surface area contributed by atoms with Gasteiger partial charge in [-0.2, -0.15) is 0 Å². The summed E-state index contributed by atoms with van der Waals surface area (Å²) in [5, 5.41) is 2.88. The third-order valence-electron chi connectivity index (χ3n) is 6.28. The summed E-state index contributed by atoms with van der Waals surface area (Å²) in [5.74, 6) is 0.621. The molecule has 2 amide bonds. The summed E-state index contributed by atoms with van der Waals surface area (Å²) in [7, 11) is 0.